The summed E-state index contributed by atoms with van der Waals surface area (Å²) < 4.78 is 0. The second kappa shape index (κ2) is 7.97. The zero-order valence-corrected chi connectivity index (χ0v) is 18.7. The number of aliphatic hydroxyl groups is 1. The number of carbonyl (C=O) groups excluding carboxylic acids is 1. The first kappa shape index (κ1) is 21.9. The lowest BCUT2D eigenvalue weighted by Gasteiger charge is -2.53. The molecular formula is C23H39N3O4. The fourth-order valence-electron chi connectivity index (χ4n) is 6.53. The van der Waals surface area contributed by atoms with Crippen LogP contribution in [0.25, 0.3) is 0 Å². The number of amides is 2. The summed E-state index contributed by atoms with van der Waals surface area (Å²) in [6.07, 6.45) is 8.02. The molecular weight excluding hydrogens is 382 g/mol. The topological polar surface area (TPSA) is 84.3 Å². The van der Waals surface area contributed by atoms with E-state index < -0.39 is 17.1 Å². The van der Waals surface area contributed by atoms with Gasteiger partial charge in [0.25, 0.3) is 0 Å². The number of piperidine rings is 1. The van der Waals surface area contributed by atoms with Crippen LogP contribution < -0.4 is 0 Å². The van der Waals surface area contributed by atoms with Gasteiger partial charge in [-0.3, -0.25) is 9.69 Å². The zero-order chi connectivity index (χ0) is 21.6. The van der Waals surface area contributed by atoms with E-state index in [0.717, 1.165) is 32.2 Å². The van der Waals surface area contributed by atoms with Gasteiger partial charge in [-0.2, -0.15) is 0 Å². The van der Waals surface area contributed by atoms with Crippen LogP contribution in [0.4, 0.5) is 4.79 Å². The fourth-order valence-corrected chi connectivity index (χ4v) is 6.53. The van der Waals surface area contributed by atoms with Crippen molar-refractivity contribution in [2.45, 2.75) is 83.3 Å². The second-order valence-electron chi connectivity index (χ2n) is 11.2. The van der Waals surface area contributed by atoms with Crippen LogP contribution in [0, 0.1) is 10.8 Å². The van der Waals surface area contributed by atoms with Gasteiger partial charge in [-0.05, 0) is 50.4 Å². The van der Waals surface area contributed by atoms with Crippen LogP contribution in [0.2, 0.25) is 0 Å². The molecule has 170 valence electrons. The summed E-state index contributed by atoms with van der Waals surface area (Å²) in [7, 11) is 0. The van der Waals surface area contributed by atoms with Crippen LogP contribution in [0.15, 0.2) is 0 Å². The number of nitrogens with zero attached hydrogens (tertiary/aromatic N) is 3. The number of carboxylic acid groups (broad SMARTS) is 1. The van der Waals surface area contributed by atoms with E-state index in [0.29, 0.717) is 50.6 Å². The monoisotopic (exact) mass is 421 g/mol. The van der Waals surface area contributed by atoms with Crippen LogP contribution in [-0.4, -0.2) is 87.8 Å². The third-order valence-corrected chi connectivity index (χ3v) is 8.73. The summed E-state index contributed by atoms with van der Waals surface area (Å²) >= 11 is 0. The Morgan fingerprint density at radius 3 is 2.30 bits per heavy atom. The highest BCUT2D eigenvalue weighted by atomic mass is 16.4. The Bertz CT molecular complexity index is 665. The Morgan fingerprint density at radius 2 is 1.70 bits per heavy atom. The third kappa shape index (κ3) is 4.07. The van der Waals surface area contributed by atoms with Crippen molar-refractivity contribution < 1.29 is 19.8 Å². The molecule has 2 saturated heterocycles. The summed E-state index contributed by atoms with van der Waals surface area (Å²) in [5.74, 6) is 0.119. The summed E-state index contributed by atoms with van der Waals surface area (Å²) in [6.45, 7) is 7.76. The maximum absolute atomic E-state index is 13.0. The van der Waals surface area contributed by atoms with Gasteiger partial charge in [0.1, 0.15) is 0 Å². The number of rotatable bonds is 3. The Balaban J connectivity index is 1.39. The van der Waals surface area contributed by atoms with E-state index in [1.54, 1.807) is 0 Å². The molecule has 30 heavy (non-hydrogen) atoms. The number of piperazine rings is 1. The largest absolute Gasteiger partial charge is 0.465 e. The fraction of sp³-hybridized carbons (Fsp3) is 0.913. The van der Waals surface area contributed by atoms with Gasteiger partial charge < -0.3 is 20.0 Å². The number of hydrogen-bond donors (Lipinski definition) is 2. The van der Waals surface area contributed by atoms with Gasteiger partial charge in [0.05, 0.1) is 18.7 Å². The van der Waals surface area contributed by atoms with Crippen LogP contribution in [0.3, 0.4) is 0 Å². The maximum Gasteiger partial charge on any atom is 0.407 e. The van der Waals surface area contributed by atoms with Crippen LogP contribution in [0.5, 0.6) is 0 Å². The maximum atomic E-state index is 13.0. The van der Waals surface area contributed by atoms with Crippen molar-refractivity contribution in [2.75, 3.05) is 39.3 Å². The average molecular weight is 422 g/mol. The molecule has 2 amide bonds. The molecule has 2 heterocycles. The van der Waals surface area contributed by atoms with E-state index in [1.807, 2.05) is 4.90 Å². The predicted octanol–water partition coefficient (Wildman–Crippen LogP) is 2.77. The second-order valence-corrected chi connectivity index (χ2v) is 11.2. The Kier molecular flexibility index (Phi) is 5.81. The Labute approximate surface area is 180 Å². The average Bonchev–Trinajstić information content (AvgIpc) is 3.16. The standard InChI is InChI=1S/C23H39N3O4/c1-21(2)9-5-18(6-10-21)24-13-14-25(19(27)15-24)17-23(30)11-12-26(20(28)29)16-22(23)7-3-4-8-22/h18,30H,3-17H2,1-2H3,(H,28,29). The molecule has 2 aliphatic carbocycles. The molecule has 2 saturated carbocycles. The van der Waals surface area contributed by atoms with Gasteiger partial charge in [0, 0.05) is 37.6 Å². The van der Waals surface area contributed by atoms with E-state index in [1.165, 1.54) is 30.6 Å². The number of hydrogen-bond acceptors (Lipinski definition) is 4. The lowest BCUT2D eigenvalue weighted by Crippen LogP contribution is -2.66. The molecule has 0 aromatic rings. The van der Waals surface area contributed by atoms with Crippen LogP contribution >= 0.6 is 0 Å². The van der Waals surface area contributed by atoms with Crippen LogP contribution in [0.1, 0.15) is 71.6 Å². The highest BCUT2D eigenvalue weighted by molar-refractivity contribution is 5.79. The summed E-state index contributed by atoms with van der Waals surface area (Å²) in [5, 5.41) is 21.2. The quantitative estimate of drug-likeness (QED) is 0.732. The third-order valence-electron chi connectivity index (χ3n) is 8.73. The van der Waals surface area contributed by atoms with E-state index in [9.17, 15) is 19.8 Å². The van der Waals surface area contributed by atoms with Gasteiger partial charge in [0.2, 0.25) is 5.91 Å². The van der Waals surface area contributed by atoms with E-state index in [4.69, 9.17) is 0 Å². The van der Waals surface area contributed by atoms with Crippen molar-refractivity contribution in [1.29, 1.82) is 0 Å². The van der Waals surface area contributed by atoms with Gasteiger partial charge in [-0.1, -0.05) is 26.7 Å². The molecule has 0 bridgehead atoms. The number of carbonyl (C=O) groups is 2. The first-order valence-electron chi connectivity index (χ1n) is 11.9. The first-order chi connectivity index (χ1) is 14.1. The van der Waals surface area contributed by atoms with Crippen molar-refractivity contribution in [3.8, 4) is 0 Å². The summed E-state index contributed by atoms with van der Waals surface area (Å²) in [5.41, 5.74) is -0.968. The van der Waals surface area contributed by atoms with Crippen molar-refractivity contribution in [2.24, 2.45) is 10.8 Å². The lowest BCUT2D eigenvalue weighted by atomic mass is 9.65. The molecule has 4 aliphatic rings. The number of likely N-dealkylation sites (tertiary alicyclic amines) is 1. The highest BCUT2D eigenvalue weighted by Gasteiger charge is 2.56. The smallest absolute Gasteiger partial charge is 0.407 e. The minimum atomic E-state index is -0.984. The normalized spacial score (nSPS) is 32.7. The Hall–Kier alpha value is -1.34. The van der Waals surface area contributed by atoms with E-state index >= 15 is 0 Å². The van der Waals surface area contributed by atoms with Gasteiger partial charge >= 0.3 is 6.09 Å². The zero-order valence-electron chi connectivity index (χ0n) is 18.7. The van der Waals surface area contributed by atoms with Crippen molar-refractivity contribution in [1.82, 2.24) is 14.7 Å². The molecule has 1 unspecified atom stereocenters. The lowest BCUT2D eigenvalue weighted by molar-refractivity contribution is -0.161. The molecule has 1 atom stereocenters. The van der Waals surface area contributed by atoms with E-state index in [-0.39, 0.29) is 5.91 Å². The highest BCUT2D eigenvalue weighted by Crippen LogP contribution is 2.51. The minimum Gasteiger partial charge on any atom is -0.465 e. The summed E-state index contributed by atoms with van der Waals surface area (Å²) in [6, 6.07) is 0.507. The molecule has 7 heteroatoms. The minimum absolute atomic E-state index is 0.119. The molecule has 4 rings (SSSR count). The number of β-amino-alcohol motifs (C(OH)–C–C–N with tert-alkyl or cyclic N) is 1. The van der Waals surface area contributed by atoms with Gasteiger partial charge in [0.15, 0.2) is 0 Å². The molecule has 0 aromatic carbocycles. The van der Waals surface area contributed by atoms with Crippen molar-refractivity contribution in [3.63, 3.8) is 0 Å². The van der Waals surface area contributed by atoms with Crippen molar-refractivity contribution >= 4 is 12.0 Å². The molecule has 0 radical (unpaired) electrons. The van der Waals surface area contributed by atoms with Crippen molar-refractivity contribution in [3.05, 3.63) is 0 Å². The summed E-state index contributed by atoms with van der Waals surface area (Å²) in [4.78, 5) is 30.3. The first-order valence-corrected chi connectivity index (χ1v) is 11.9. The van der Waals surface area contributed by atoms with Crippen LogP contribution in [-0.2, 0) is 4.79 Å². The molecule has 7 nitrogen and oxygen atoms in total. The van der Waals surface area contributed by atoms with E-state index in [2.05, 4.69) is 18.7 Å². The Morgan fingerprint density at radius 1 is 1.03 bits per heavy atom. The molecule has 1 spiro atoms. The molecule has 2 aliphatic heterocycles. The van der Waals surface area contributed by atoms with Gasteiger partial charge in [-0.25, -0.2) is 4.79 Å². The predicted molar refractivity (Wildman–Crippen MR) is 114 cm³/mol. The SMILES string of the molecule is CC1(C)CCC(N2CCN(CC3(O)CCN(C(=O)O)CC34CCCC4)C(=O)C2)CC1. The molecule has 4 fully saturated rings. The molecule has 0 aromatic heterocycles. The molecule has 2 N–H and O–H groups in total. The van der Waals surface area contributed by atoms with Gasteiger partial charge in [-0.15, -0.1) is 0 Å².